The number of alkyl carbamates (subject to hydrolysis) is 1. The topological polar surface area (TPSA) is 212 Å². The van der Waals surface area contributed by atoms with Crippen LogP contribution in [0.4, 0.5) is 16.4 Å². The van der Waals surface area contributed by atoms with Crippen molar-refractivity contribution in [3.8, 4) is 6.07 Å². The molecule has 1 aliphatic carbocycles. The first kappa shape index (κ1) is 43.7. The lowest BCUT2D eigenvalue weighted by molar-refractivity contribution is -0.136. The maximum Gasteiger partial charge on any atom is 0.408 e. The molecule has 2 aromatic carbocycles. The number of aromatic amines is 1. The van der Waals surface area contributed by atoms with Crippen LogP contribution in [0, 0.1) is 11.3 Å². The number of amides is 4. The van der Waals surface area contributed by atoms with Gasteiger partial charge in [0, 0.05) is 110 Å². The van der Waals surface area contributed by atoms with E-state index < -0.39 is 23.2 Å². The third-order valence-corrected chi connectivity index (χ3v) is 12.4. The molecule has 2 aromatic heterocycles. The summed E-state index contributed by atoms with van der Waals surface area (Å²) < 4.78 is 7.18. The minimum Gasteiger partial charge on any atom is -0.444 e. The number of anilines is 2. The van der Waals surface area contributed by atoms with Gasteiger partial charge < -0.3 is 45.4 Å². The third kappa shape index (κ3) is 9.12. The lowest BCUT2D eigenvalue weighted by Crippen LogP contribution is -2.51. The number of carbonyl (C=O) groups is 5. The van der Waals surface area contributed by atoms with Gasteiger partial charge in [0.05, 0.1) is 17.2 Å². The fourth-order valence-electron chi connectivity index (χ4n) is 9.00. The zero-order valence-corrected chi connectivity index (χ0v) is 36.6. The molecule has 7 rings (SSSR count). The van der Waals surface area contributed by atoms with Crippen LogP contribution in [0.25, 0.3) is 10.9 Å². The van der Waals surface area contributed by atoms with E-state index in [1.54, 1.807) is 54.8 Å². The highest BCUT2D eigenvalue weighted by Gasteiger charge is 2.41. The first-order chi connectivity index (χ1) is 29.5. The molecule has 2 atom stereocenters. The van der Waals surface area contributed by atoms with Crippen LogP contribution < -0.4 is 21.3 Å². The molecule has 328 valence electrons. The number of piperazine rings is 1. The fourth-order valence-corrected chi connectivity index (χ4v) is 9.00. The van der Waals surface area contributed by atoms with Crippen LogP contribution in [0.5, 0.6) is 0 Å². The maximum atomic E-state index is 14.1. The van der Waals surface area contributed by atoms with Gasteiger partial charge in [-0.1, -0.05) is 26.8 Å². The van der Waals surface area contributed by atoms with Crippen LogP contribution in [0.15, 0.2) is 42.7 Å². The number of aromatic nitrogens is 3. The Morgan fingerprint density at radius 2 is 1.77 bits per heavy atom. The van der Waals surface area contributed by atoms with E-state index in [9.17, 15) is 29.2 Å². The Kier molecular flexibility index (Phi) is 12.4. The van der Waals surface area contributed by atoms with Gasteiger partial charge in [-0.25, -0.2) is 9.78 Å². The van der Waals surface area contributed by atoms with Gasteiger partial charge in [-0.15, -0.1) is 0 Å². The first-order valence-electron chi connectivity index (χ1n) is 21.6. The number of H-pyrrole nitrogens is 1. The molecule has 5 N–H and O–H groups in total. The molecule has 4 amide bonds. The Hall–Kier alpha value is -6.37. The van der Waals surface area contributed by atoms with Gasteiger partial charge in [-0.05, 0) is 81.8 Å². The predicted octanol–water partition coefficient (Wildman–Crippen LogP) is 4.77. The van der Waals surface area contributed by atoms with Gasteiger partial charge in [-0.2, -0.15) is 5.26 Å². The predicted molar refractivity (Wildman–Crippen MR) is 235 cm³/mol. The molecule has 16 nitrogen and oxygen atoms in total. The molecule has 0 saturated carbocycles. The lowest BCUT2D eigenvalue weighted by atomic mass is 9.70. The van der Waals surface area contributed by atoms with Gasteiger partial charge in [0.2, 0.25) is 17.7 Å². The number of rotatable bonds is 12. The van der Waals surface area contributed by atoms with Crippen LogP contribution in [-0.4, -0.2) is 111 Å². The lowest BCUT2D eigenvalue weighted by Gasteiger charge is -2.39. The van der Waals surface area contributed by atoms with Crippen molar-refractivity contribution in [3.05, 3.63) is 76.2 Å². The summed E-state index contributed by atoms with van der Waals surface area (Å²) in [7, 11) is 0. The number of fused-ring (bicyclic) bond motifs is 4. The number of carbonyl (C=O) groups excluding carboxylic acids is 5. The summed E-state index contributed by atoms with van der Waals surface area (Å²) in [5, 5.41) is 16.0. The number of nitrogens with two attached hydrogens (primary N) is 1. The second-order valence-electron chi connectivity index (χ2n) is 18.1. The largest absolute Gasteiger partial charge is 0.444 e. The highest BCUT2D eigenvalue weighted by Crippen LogP contribution is 2.46. The highest BCUT2D eigenvalue weighted by atomic mass is 16.6. The summed E-state index contributed by atoms with van der Waals surface area (Å²) in [6, 6.07) is 10.6. The zero-order chi connectivity index (χ0) is 44.5. The van der Waals surface area contributed by atoms with Crippen LogP contribution >= 0.6 is 0 Å². The molecular weight excluding hydrogens is 789 g/mol. The summed E-state index contributed by atoms with van der Waals surface area (Å²) in [6.45, 7) is 15.1. The number of ketones is 1. The summed E-state index contributed by atoms with van der Waals surface area (Å²) in [4.78, 5) is 80.3. The number of benzene rings is 2. The van der Waals surface area contributed by atoms with Crippen molar-refractivity contribution < 1.29 is 28.7 Å². The zero-order valence-electron chi connectivity index (χ0n) is 36.6. The summed E-state index contributed by atoms with van der Waals surface area (Å²) >= 11 is 0. The molecule has 0 bridgehead atoms. The fraction of sp³-hybridized carbons (Fsp3) is 0.500. The minimum atomic E-state index is -0.858. The van der Waals surface area contributed by atoms with Crippen LogP contribution in [0.1, 0.15) is 112 Å². The van der Waals surface area contributed by atoms with Gasteiger partial charge in [0.25, 0.3) is 0 Å². The van der Waals surface area contributed by atoms with Gasteiger partial charge >= 0.3 is 6.09 Å². The highest BCUT2D eigenvalue weighted by molar-refractivity contribution is 6.20. The Morgan fingerprint density at radius 3 is 2.44 bits per heavy atom. The second kappa shape index (κ2) is 17.5. The molecule has 2 aliphatic heterocycles. The third-order valence-electron chi connectivity index (χ3n) is 12.4. The van der Waals surface area contributed by atoms with E-state index in [4.69, 9.17) is 10.5 Å². The van der Waals surface area contributed by atoms with Crippen molar-refractivity contribution in [2.24, 2.45) is 0 Å². The Labute approximate surface area is 362 Å². The quantitative estimate of drug-likeness (QED) is 0.153. The molecule has 0 radical (unpaired) electrons. The molecule has 0 spiro atoms. The summed E-state index contributed by atoms with van der Waals surface area (Å²) in [6.07, 6.45) is 4.99. The van der Waals surface area contributed by atoms with Crippen molar-refractivity contribution >= 4 is 52.1 Å². The number of hydrogen-bond acceptors (Lipinski definition) is 10. The van der Waals surface area contributed by atoms with E-state index >= 15 is 0 Å². The average Bonchev–Trinajstić information content (AvgIpc) is 3.99. The molecule has 4 aromatic rings. The number of aryl methyl sites for hydroxylation is 2. The molecule has 3 aliphatic rings. The smallest absolute Gasteiger partial charge is 0.408 e. The Bertz CT molecular complexity index is 2430. The van der Waals surface area contributed by atoms with E-state index in [1.807, 2.05) is 17.0 Å². The van der Waals surface area contributed by atoms with E-state index in [-0.39, 0.29) is 42.4 Å². The van der Waals surface area contributed by atoms with Gasteiger partial charge in [0.1, 0.15) is 11.6 Å². The number of nitriles is 1. The minimum absolute atomic E-state index is 0.0215. The average molecular weight is 847 g/mol. The Morgan fingerprint density at radius 1 is 1.05 bits per heavy atom. The van der Waals surface area contributed by atoms with E-state index in [0.717, 1.165) is 39.8 Å². The van der Waals surface area contributed by atoms with E-state index in [2.05, 4.69) is 58.4 Å². The van der Waals surface area contributed by atoms with Crippen molar-refractivity contribution in [1.29, 1.82) is 5.26 Å². The number of imidazole rings is 1. The monoisotopic (exact) mass is 846 g/mol. The van der Waals surface area contributed by atoms with Crippen molar-refractivity contribution in [3.63, 3.8) is 0 Å². The number of nitrogens with one attached hydrogen (secondary N) is 3. The van der Waals surface area contributed by atoms with Crippen molar-refractivity contribution in [1.82, 2.24) is 35.0 Å². The maximum absolute atomic E-state index is 14.1. The number of ether oxygens (including phenoxy) is 1. The Balaban J connectivity index is 0.913. The van der Waals surface area contributed by atoms with Crippen molar-refractivity contribution in [2.45, 2.75) is 110 Å². The number of hydrogen-bond donors (Lipinski definition) is 4. The number of likely N-dealkylation sites (tertiary alicyclic amines) is 1. The molecule has 4 heterocycles. The van der Waals surface area contributed by atoms with Crippen LogP contribution in [0.2, 0.25) is 0 Å². The molecule has 0 unspecified atom stereocenters. The summed E-state index contributed by atoms with van der Waals surface area (Å²) in [5.41, 5.74) is 11.2. The van der Waals surface area contributed by atoms with E-state index in [1.165, 1.54) is 0 Å². The van der Waals surface area contributed by atoms with Crippen LogP contribution in [0.3, 0.4) is 0 Å². The first-order valence-corrected chi connectivity index (χ1v) is 21.6. The number of nitrogen functional groups attached to an aromatic ring is 1. The van der Waals surface area contributed by atoms with E-state index in [0.29, 0.717) is 87.7 Å². The van der Waals surface area contributed by atoms with Crippen molar-refractivity contribution in [2.75, 3.05) is 49.9 Å². The standard InChI is InChI=1S/C46H58N10O6/c1-7-29-24-32-33(46(5,6)41-39(40(32)59)31-11-10-28(26-47)23-35(31)51-41)25-36(29)53-19-21-54(22-20-53)37(57)12-13-38(58)56-17-14-30(27-56)50-42(60)34(52-44(61)62-45(2,3)4)9-8-16-55-18-15-49-43(55)48/h10-11,15,18,23-25,30,34,51H,7-9,12-14,16-17,19-22,27H2,1-6H3,(H2,48,49)(H,50,60)(H,52,61)/t30-,34+/m1/s1. The molecule has 2 fully saturated rings. The second-order valence-corrected chi connectivity index (χ2v) is 18.1. The van der Waals surface area contributed by atoms with Crippen LogP contribution in [-0.2, 0) is 37.5 Å². The molecule has 16 heteroatoms. The van der Waals surface area contributed by atoms with Gasteiger partial charge in [-0.3, -0.25) is 19.2 Å². The molecule has 2 saturated heterocycles. The normalized spacial score (nSPS) is 17.6. The SMILES string of the molecule is CCc1cc2c(cc1N1CCN(C(=O)CCC(=O)N3CC[C@@H](NC(=O)[C@H](CCCn4ccnc4N)NC(=O)OC(C)(C)C)C3)CC1)C(C)(C)c1[nH]c3cc(C#N)ccc3c1C2=O. The molecule has 62 heavy (non-hydrogen) atoms. The van der Waals surface area contributed by atoms with Gasteiger partial charge in [0.15, 0.2) is 11.7 Å². The summed E-state index contributed by atoms with van der Waals surface area (Å²) in [5.74, 6) is -0.230. The molecular formula is C46H58N10O6. The number of nitrogens with zero attached hydrogens (tertiary/aromatic N) is 6.